The fourth-order valence-corrected chi connectivity index (χ4v) is 1.63. The van der Waals surface area contributed by atoms with Crippen molar-refractivity contribution in [2.24, 2.45) is 5.92 Å². The average Bonchev–Trinajstić information content (AvgIpc) is 2.44. The van der Waals surface area contributed by atoms with Crippen LogP contribution >= 0.6 is 0 Å². The molecule has 1 aromatic rings. The van der Waals surface area contributed by atoms with Gasteiger partial charge in [0.25, 0.3) is 5.69 Å². The largest absolute Gasteiger partial charge is 0.324 e. The van der Waals surface area contributed by atoms with Crippen LogP contribution in [0.4, 0.5) is 16.2 Å². The van der Waals surface area contributed by atoms with E-state index in [1.807, 2.05) is 0 Å². The van der Waals surface area contributed by atoms with Gasteiger partial charge in [-0.15, -0.1) is 0 Å². The van der Waals surface area contributed by atoms with E-state index in [0.717, 1.165) is 0 Å². The number of amides is 2. The maximum absolute atomic E-state index is 12.0. The highest BCUT2D eigenvalue weighted by atomic mass is 16.6. The molecule has 0 saturated heterocycles. The van der Waals surface area contributed by atoms with Crippen molar-refractivity contribution in [2.45, 2.75) is 13.8 Å². The third-order valence-corrected chi connectivity index (χ3v) is 2.69. The van der Waals surface area contributed by atoms with Gasteiger partial charge >= 0.3 is 6.03 Å². The molecule has 0 aliphatic carbocycles. The van der Waals surface area contributed by atoms with E-state index in [1.54, 1.807) is 19.9 Å². The molecule has 2 amide bonds. The molecule has 0 aliphatic heterocycles. The van der Waals surface area contributed by atoms with E-state index in [9.17, 15) is 14.9 Å². The number of urea groups is 1. The molecule has 7 nitrogen and oxygen atoms in total. The van der Waals surface area contributed by atoms with Gasteiger partial charge in [0.2, 0.25) is 0 Å². The van der Waals surface area contributed by atoms with Crippen molar-refractivity contribution in [3.63, 3.8) is 0 Å². The molecule has 0 radical (unpaired) electrons. The Balaban J connectivity index is 2.76. The minimum atomic E-state index is -0.523. The molecule has 20 heavy (non-hydrogen) atoms. The van der Waals surface area contributed by atoms with Crippen LogP contribution in [0.3, 0.4) is 0 Å². The molecule has 0 fully saturated rings. The summed E-state index contributed by atoms with van der Waals surface area (Å²) in [6, 6.07) is 7.40. The summed E-state index contributed by atoms with van der Waals surface area (Å²) in [5.41, 5.74) is 0.267. The third-order valence-electron chi connectivity index (χ3n) is 2.69. The van der Waals surface area contributed by atoms with Crippen LogP contribution in [-0.2, 0) is 0 Å². The van der Waals surface area contributed by atoms with Gasteiger partial charge in [-0.2, -0.15) is 5.26 Å². The van der Waals surface area contributed by atoms with Crippen molar-refractivity contribution in [1.29, 1.82) is 5.26 Å². The molecular weight excluding hydrogens is 260 g/mol. The van der Waals surface area contributed by atoms with Gasteiger partial charge in [0, 0.05) is 30.9 Å². The Bertz CT molecular complexity index is 539. The third kappa shape index (κ3) is 4.24. The van der Waals surface area contributed by atoms with Crippen LogP contribution in [0.1, 0.15) is 13.8 Å². The topological polar surface area (TPSA) is 99.3 Å². The standard InChI is InChI=1S/C13H16N4O3/c1-3-16(9-10(2)8-14)13(18)15-11-5-4-6-12(7-11)17(19)20/h4-7,10H,3,9H2,1-2H3,(H,15,18). The molecule has 0 saturated carbocycles. The SMILES string of the molecule is CCN(CC(C)C#N)C(=O)Nc1cccc([N+](=O)[O-])c1. The monoisotopic (exact) mass is 276 g/mol. The summed E-state index contributed by atoms with van der Waals surface area (Å²) in [7, 11) is 0. The summed E-state index contributed by atoms with van der Waals surface area (Å²) >= 11 is 0. The molecule has 0 spiro atoms. The van der Waals surface area contributed by atoms with E-state index >= 15 is 0 Å². The van der Waals surface area contributed by atoms with Crippen LogP contribution in [0.2, 0.25) is 0 Å². The first-order chi connectivity index (χ1) is 9.47. The Labute approximate surface area is 117 Å². The van der Waals surface area contributed by atoms with Gasteiger partial charge in [-0.05, 0) is 19.9 Å². The zero-order valence-electron chi connectivity index (χ0n) is 11.4. The van der Waals surface area contributed by atoms with Crippen molar-refractivity contribution in [3.05, 3.63) is 34.4 Å². The Morgan fingerprint density at radius 2 is 2.30 bits per heavy atom. The summed E-state index contributed by atoms with van der Waals surface area (Å²) < 4.78 is 0. The van der Waals surface area contributed by atoms with E-state index < -0.39 is 4.92 Å². The van der Waals surface area contributed by atoms with Crippen molar-refractivity contribution < 1.29 is 9.72 Å². The molecule has 1 unspecified atom stereocenters. The lowest BCUT2D eigenvalue weighted by Crippen LogP contribution is -2.37. The number of benzene rings is 1. The number of nitrogens with one attached hydrogen (secondary N) is 1. The van der Waals surface area contributed by atoms with Gasteiger partial charge in [0.05, 0.1) is 16.9 Å². The highest BCUT2D eigenvalue weighted by molar-refractivity contribution is 5.89. The second-order valence-corrected chi connectivity index (χ2v) is 4.31. The molecule has 1 N–H and O–H groups in total. The number of hydrogen-bond acceptors (Lipinski definition) is 4. The van der Waals surface area contributed by atoms with Gasteiger partial charge in [-0.1, -0.05) is 6.07 Å². The molecular formula is C13H16N4O3. The summed E-state index contributed by atoms with van der Waals surface area (Å²) in [5, 5.41) is 22.0. The molecule has 0 bridgehead atoms. The summed E-state index contributed by atoms with van der Waals surface area (Å²) in [6.07, 6.45) is 0. The number of rotatable bonds is 5. The fourth-order valence-electron chi connectivity index (χ4n) is 1.63. The lowest BCUT2D eigenvalue weighted by molar-refractivity contribution is -0.384. The fraction of sp³-hybridized carbons (Fsp3) is 0.385. The quantitative estimate of drug-likeness (QED) is 0.660. The van der Waals surface area contributed by atoms with Crippen LogP contribution in [-0.4, -0.2) is 28.9 Å². The summed E-state index contributed by atoms with van der Waals surface area (Å²) in [4.78, 5) is 23.6. The van der Waals surface area contributed by atoms with Gasteiger partial charge in [-0.25, -0.2) is 4.79 Å². The number of nitro groups is 1. The summed E-state index contributed by atoms with van der Waals surface area (Å²) in [5.74, 6) is -0.272. The van der Waals surface area contributed by atoms with Crippen LogP contribution in [0.5, 0.6) is 0 Å². The molecule has 7 heteroatoms. The van der Waals surface area contributed by atoms with Gasteiger partial charge in [0.1, 0.15) is 0 Å². The van der Waals surface area contributed by atoms with Gasteiger partial charge in [0.15, 0.2) is 0 Å². The molecule has 1 rings (SSSR count). The number of nitrogens with zero attached hydrogens (tertiary/aromatic N) is 3. The van der Waals surface area contributed by atoms with Crippen molar-refractivity contribution in [1.82, 2.24) is 4.90 Å². The predicted octanol–water partition coefficient (Wildman–Crippen LogP) is 2.61. The Morgan fingerprint density at radius 1 is 1.60 bits per heavy atom. The minimum absolute atomic E-state index is 0.0868. The average molecular weight is 276 g/mol. The van der Waals surface area contributed by atoms with E-state index in [4.69, 9.17) is 5.26 Å². The Kier molecular flexibility index (Phi) is 5.47. The van der Waals surface area contributed by atoms with Crippen molar-refractivity contribution >= 4 is 17.4 Å². The second kappa shape index (κ2) is 7.09. The predicted molar refractivity (Wildman–Crippen MR) is 74.1 cm³/mol. The lowest BCUT2D eigenvalue weighted by Gasteiger charge is -2.22. The Morgan fingerprint density at radius 3 is 2.85 bits per heavy atom. The normalized spacial score (nSPS) is 11.2. The van der Waals surface area contributed by atoms with Gasteiger partial charge in [-0.3, -0.25) is 10.1 Å². The van der Waals surface area contributed by atoms with Crippen LogP contribution in [0.25, 0.3) is 0 Å². The highest BCUT2D eigenvalue weighted by Crippen LogP contribution is 2.17. The number of carbonyl (C=O) groups is 1. The molecule has 0 heterocycles. The van der Waals surface area contributed by atoms with E-state index in [0.29, 0.717) is 18.8 Å². The molecule has 1 aromatic carbocycles. The first kappa shape index (κ1) is 15.4. The maximum atomic E-state index is 12.0. The number of hydrogen-bond donors (Lipinski definition) is 1. The van der Waals surface area contributed by atoms with Gasteiger partial charge < -0.3 is 10.2 Å². The molecule has 106 valence electrons. The number of anilines is 1. The number of carbonyl (C=O) groups excluding carboxylic acids is 1. The smallest absolute Gasteiger partial charge is 0.321 e. The molecule has 1 atom stereocenters. The van der Waals surface area contributed by atoms with E-state index in [-0.39, 0.29) is 17.6 Å². The highest BCUT2D eigenvalue weighted by Gasteiger charge is 2.15. The zero-order valence-corrected chi connectivity index (χ0v) is 11.4. The van der Waals surface area contributed by atoms with Crippen molar-refractivity contribution in [3.8, 4) is 6.07 Å². The first-order valence-corrected chi connectivity index (χ1v) is 6.18. The van der Waals surface area contributed by atoms with E-state index in [2.05, 4.69) is 11.4 Å². The maximum Gasteiger partial charge on any atom is 0.321 e. The van der Waals surface area contributed by atoms with Crippen LogP contribution in [0, 0.1) is 27.4 Å². The van der Waals surface area contributed by atoms with E-state index in [1.165, 1.54) is 23.1 Å². The number of non-ortho nitro benzene ring substituents is 1. The van der Waals surface area contributed by atoms with Crippen molar-refractivity contribution in [2.75, 3.05) is 18.4 Å². The first-order valence-electron chi connectivity index (χ1n) is 6.18. The summed E-state index contributed by atoms with van der Waals surface area (Å²) in [6.45, 7) is 4.29. The zero-order chi connectivity index (χ0) is 15.1. The molecule has 0 aliphatic rings. The van der Waals surface area contributed by atoms with Crippen LogP contribution < -0.4 is 5.32 Å². The number of nitro benzene ring substituents is 1. The number of nitriles is 1. The second-order valence-electron chi connectivity index (χ2n) is 4.31. The lowest BCUT2D eigenvalue weighted by atomic mass is 10.2. The molecule has 0 aromatic heterocycles. The van der Waals surface area contributed by atoms with Crippen LogP contribution in [0.15, 0.2) is 24.3 Å². The Hall–Kier alpha value is -2.62. The minimum Gasteiger partial charge on any atom is -0.324 e.